The summed E-state index contributed by atoms with van der Waals surface area (Å²) in [6.45, 7) is 7.28. The van der Waals surface area contributed by atoms with Crippen LogP contribution in [0.1, 0.15) is 58.6 Å². The van der Waals surface area contributed by atoms with E-state index in [1.807, 2.05) is 36.4 Å². The van der Waals surface area contributed by atoms with E-state index in [0.29, 0.717) is 6.42 Å². The molecule has 0 heterocycles. The average molecular weight is 344 g/mol. The third-order valence-electron chi connectivity index (χ3n) is 4.55. The molecule has 3 atom stereocenters. The minimum atomic E-state index is -0.295. The molecular formula is C21H28O4. The van der Waals surface area contributed by atoms with Gasteiger partial charge in [-0.2, -0.15) is 0 Å². The number of carbonyl (C=O) groups is 2. The van der Waals surface area contributed by atoms with Crippen LogP contribution in [-0.2, 0) is 19.1 Å². The van der Waals surface area contributed by atoms with Gasteiger partial charge < -0.3 is 9.47 Å². The molecule has 0 radical (unpaired) electrons. The van der Waals surface area contributed by atoms with Gasteiger partial charge in [-0.1, -0.05) is 56.3 Å². The number of benzene rings is 1. The van der Waals surface area contributed by atoms with Gasteiger partial charge in [-0.05, 0) is 23.8 Å². The zero-order valence-electron chi connectivity index (χ0n) is 15.5. The zero-order chi connectivity index (χ0) is 18.4. The summed E-state index contributed by atoms with van der Waals surface area (Å²) in [5, 5.41) is 0. The van der Waals surface area contributed by atoms with E-state index >= 15 is 0 Å². The van der Waals surface area contributed by atoms with Crippen molar-refractivity contribution < 1.29 is 19.1 Å². The van der Waals surface area contributed by atoms with Crippen LogP contribution in [0.25, 0.3) is 0 Å². The standard InChI is InChI=1S/C21H28O4/c1-15(22)24-19(17-9-6-5-7-10-17)12-8-11-18-13-21(3,4)14-20(18)25-16(2)23/h5-11,18-20H,12-14H2,1-4H3. The van der Waals surface area contributed by atoms with E-state index in [0.717, 1.165) is 18.4 Å². The van der Waals surface area contributed by atoms with Crippen LogP contribution in [0.4, 0.5) is 0 Å². The van der Waals surface area contributed by atoms with E-state index in [-0.39, 0.29) is 35.5 Å². The molecule has 0 amide bonds. The predicted molar refractivity (Wildman–Crippen MR) is 96.8 cm³/mol. The van der Waals surface area contributed by atoms with Gasteiger partial charge in [-0.3, -0.25) is 9.59 Å². The van der Waals surface area contributed by atoms with Crippen LogP contribution >= 0.6 is 0 Å². The molecule has 4 heteroatoms. The predicted octanol–water partition coefficient (Wildman–Crippen LogP) is 4.61. The highest BCUT2D eigenvalue weighted by Gasteiger charge is 2.39. The van der Waals surface area contributed by atoms with E-state index < -0.39 is 0 Å². The summed E-state index contributed by atoms with van der Waals surface area (Å²) >= 11 is 0. The number of ether oxygens (including phenoxy) is 2. The molecule has 0 saturated heterocycles. The number of rotatable bonds is 6. The van der Waals surface area contributed by atoms with E-state index in [1.54, 1.807) is 0 Å². The lowest BCUT2D eigenvalue weighted by Crippen LogP contribution is -2.19. The summed E-state index contributed by atoms with van der Waals surface area (Å²) < 4.78 is 10.9. The van der Waals surface area contributed by atoms with Crippen LogP contribution in [0.15, 0.2) is 42.5 Å². The van der Waals surface area contributed by atoms with Gasteiger partial charge >= 0.3 is 11.9 Å². The fourth-order valence-corrected chi connectivity index (χ4v) is 3.58. The Hall–Kier alpha value is -2.10. The summed E-state index contributed by atoms with van der Waals surface area (Å²) in [5.74, 6) is -0.321. The first-order valence-corrected chi connectivity index (χ1v) is 8.83. The van der Waals surface area contributed by atoms with Crippen molar-refractivity contribution in [1.82, 2.24) is 0 Å². The number of esters is 2. The molecule has 2 rings (SSSR count). The van der Waals surface area contributed by atoms with Gasteiger partial charge in [0.25, 0.3) is 0 Å². The third-order valence-corrected chi connectivity index (χ3v) is 4.55. The molecule has 1 aromatic carbocycles. The Morgan fingerprint density at radius 3 is 2.44 bits per heavy atom. The molecule has 1 aliphatic carbocycles. The third kappa shape index (κ3) is 6.04. The monoisotopic (exact) mass is 344 g/mol. The highest BCUT2D eigenvalue weighted by atomic mass is 16.5. The Kier molecular flexibility index (Phi) is 6.40. The second kappa shape index (κ2) is 8.32. The molecule has 4 nitrogen and oxygen atoms in total. The van der Waals surface area contributed by atoms with Crippen LogP contribution < -0.4 is 0 Å². The molecule has 0 bridgehead atoms. The molecular weight excluding hydrogens is 316 g/mol. The Morgan fingerprint density at radius 2 is 1.84 bits per heavy atom. The van der Waals surface area contributed by atoms with Crippen molar-refractivity contribution in [3.63, 3.8) is 0 Å². The molecule has 1 fully saturated rings. The highest BCUT2D eigenvalue weighted by molar-refractivity contribution is 5.66. The average Bonchev–Trinajstić information content (AvgIpc) is 2.80. The lowest BCUT2D eigenvalue weighted by Gasteiger charge is -2.18. The fraction of sp³-hybridized carbons (Fsp3) is 0.524. The first kappa shape index (κ1) is 19.2. The Labute approximate surface area is 150 Å². The molecule has 25 heavy (non-hydrogen) atoms. The summed E-state index contributed by atoms with van der Waals surface area (Å²) in [6, 6.07) is 9.73. The van der Waals surface area contributed by atoms with Crippen molar-refractivity contribution in [1.29, 1.82) is 0 Å². The van der Waals surface area contributed by atoms with Gasteiger partial charge in [0.15, 0.2) is 0 Å². The van der Waals surface area contributed by atoms with Crippen molar-refractivity contribution in [3.05, 3.63) is 48.0 Å². The Balaban J connectivity index is 2.05. The quantitative estimate of drug-likeness (QED) is 0.559. The second-order valence-electron chi connectivity index (χ2n) is 7.56. The summed E-state index contributed by atoms with van der Waals surface area (Å²) in [7, 11) is 0. The molecule has 3 unspecified atom stereocenters. The molecule has 0 spiro atoms. The van der Waals surface area contributed by atoms with Gasteiger partial charge in [0.1, 0.15) is 12.2 Å². The molecule has 1 saturated carbocycles. The van der Waals surface area contributed by atoms with Gasteiger partial charge in [0, 0.05) is 26.2 Å². The first-order chi connectivity index (χ1) is 11.8. The van der Waals surface area contributed by atoms with Gasteiger partial charge in [-0.25, -0.2) is 0 Å². The lowest BCUT2D eigenvalue weighted by atomic mass is 9.90. The van der Waals surface area contributed by atoms with Gasteiger partial charge in [-0.15, -0.1) is 0 Å². The molecule has 0 N–H and O–H groups in total. The van der Waals surface area contributed by atoms with E-state index in [4.69, 9.17) is 9.47 Å². The maximum Gasteiger partial charge on any atom is 0.303 e. The van der Waals surface area contributed by atoms with E-state index in [9.17, 15) is 9.59 Å². The molecule has 0 aliphatic heterocycles. The minimum Gasteiger partial charge on any atom is -0.462 e. The summed E-state index contributed by atoms with van der Waals surface area (Å²) in [5.41, 5.74) is 1.13. The second-order valence-corrected chi connectivity index (χ2v) is 7.56. The van der Waals surface area contributed by atoms with Crippen LogP contribution in [0.2, 0.25) is 0 Å². The Morgan fingerprint density at radius 1 is 1.16 bits per heavy atom. The molecule has 0 aromatic heterocycles. The van der Waals surface area contributed by atoms with Crippen molar-refractivity contribution in [2.45, 2.75) is 59.2 Å². The summed E-state index contributed by atoms with van der Waals surface area (Å²) in [6.07, 6.45) is 6.24. The minimum absolute atomic E-state index is 0.0762. The van der Waals surface area contributed by atoms with Crippen LogP contribution in [-0.4, -0.2) is 18.0 Å². The van der Waals surface area contributed by atoms with Crippen LogP contribution in [0.5, 0.6) is 0 Å². The smallest absolute Gasteiger partial charge is 0.303 e. The SMILES string of the molecule is CC(=O)OC(CC=CC1CC(C)(C)CC1OC(C)=O)c1ccccc1. The first-order valence-electron chi connectivity index (χ1n) is 8.83. The maximum absolute atomic E-state index is 11.4. The lowest BCUT2D eigenvalue weighted by molar-refractivity contribution is -0.148. The maximum atomic E-state index is 11.4. The molecule has 1 aromatic rings. The number of hydrogen-bond donors (Lipinski definition) is 0. The van der Waals surface area contributed by atoms with Crippen LogP contribution in [0, 0.1) is 11.3 Å². The van der Waals surface area contributed by atoms with E-state index in [2.05, 4.69) is 19.9 Å². The highest BCUT2D eigenvalue weighted by Crippen LogP contribution is 2.43. The normalized spacial score (nSPS) is 23.4. The Bertz CT molecular complexity index is 618. The van der Waals surface area contributed by atoms with Crippen molar-refractivity contribution >= 4 is 11.9 Å². The molecule has 136 valence electrons. The zero-order valence-corrected chi connectivity index (χ0v) is 15.5. The van der Waals surface area contributed by atoms with E-state index in [1.165, 1.54) is 13.8 Å². The van der Waals surface area contributed by atoms with Gasteiger partial charge in [0.05, 0.1) is 0 Å². The topological polar surface area (TPSA) is 52.6 Å². The molecule has 1 aliphatic rings. The number of carbonyl (C=O) groups excluding carboxylic acids is 2. The van der Waals surface area contributed by atoms with Gasteiger partial charge in [0.2, 0.25) is 0 Å². The van der Waals surface area contributed by atoms with Crippen molar-refractivity contribution in [2.24, 2.45) is 11.3 Å². The van der Waals surface area contributed by atoms with Crippen LogP contribution in [0.3, 0.4) is 0 Å². The van der Waals surface area contributed by atoms with Crippen molar-refractivity contribution in [2.75, 3.05) is 0 Å². The largest absolute Gasteiger partial charge is 0.462 e. The van der Waals surface area contributed by atoms with Crippen molar-refractivity contribution in [3.8, 4) is 0 Å². The fourth-order valence-electron chi connectivity index (χ4n) is 3.58. The number of hydrogen-bond acceptors (Lipinski definition) is 4. The summed E-state index contributed by atoms with van der Waals surface area (Å²) in [4.78, 5) is 22.7.